The van der Waals surface area contributed by atoms with Gasteiger partial charge in [-0.25, -0.2) is 0 Å². The number of esters is 2. The van der Waals surface area contributed by atoms with Crippen LogP contribution in [0.4, 0.5) is 0 Å². The fourth-order valence-corrected chi connectivity index (χ4v) is 4.67. The summed E-state index contributed by atoms with van der Waals surface area (Å²) in [6.45, 7) is 4.27. The van der Waals surface area contributed by atoms with Gasteiger partial charge in [-0.3, -0.25) is 9.59 Å². The molecule has 0 aromatic heterocycles. The molecule has 0 radical (unpaired) electrons. The highest BCUT2D eigenvalue weighted by Crippen LogP contribution is 2.13. The molecule has 0 aromatic rings. The van der Waals surface area contributed by atoms with Crippen molar-refractivity contribution in [1.82, 2.24) is 0 Å². The van der Waals surface area contributed by atoms with Gasteiger partial charge in [-0.2, -0.15) is 0 Å². The first-order chi connectivity index (χ1) is 19.1. The third-order valence-corrected chi connectivity index (χ3v) is 7.25. The predicted molar refractivity (Wildman–Crippen MR) is 164 cm³/mol. The van der Waals surface area contributed by atoms with Crippen molar-refractivity contribution in [2.24, 2.45) is 0 Å². The first-order valence-corrected chi connectivity index (χ1v) is 16.7. The third-order valence-electron chi connectivity index (χ3n) is 7.25. The van der Waals surface area contributed by atoms with Crippen LogP contribution in [-0.2, 0) is 19.1 Å². The Kier molecular flexibility index (Phi) is 30.1. The second kappa shape index (κ2) is 31.2. The molecule has 0 fully saturated rings. The lowest BCUT2D eigenvalue weighted by atomic mass is 10.0. The Balaban J connectivity index is 3.45. The van der Waals surface area contributed by atoms with Crippen LogP contribution in [0.3, 0.4) is 0 Å². The number of hydrogen-bond acceptors (Lipinski definition) is 5. The number of hydrogen-bond donors (Lipinski definition) is 1. The molecule has 230 valence electrons. The number of aliphatic hydroxyl groups is 1. The molecule has 39 heavy (non-hydrogen) atoms. The first-order valence-electron chi connectivity index (χ1n) is 16.7. The van der Waals surface area contributed by atoms with E-state index in [4.69, 9.17) is 9.47 Å². The van der Waals surface area contributed by atoms with Crippen molar-refractivity contribution >= 4 is 11.9 Å². The van der Waals surface area contributed by atoms with Crippen LogP contribution in [0.25, 0.3) is 0 Å². The number of allylic oxidation sites excluding steroid dienone is 2. The lowest BCUT2D eigenvalue weighted by Crippen LogP contribution is -2.25. The molecule has 1 atom stereocenters. The number of aliphatic hydroxyl groups excluding tert-OH is 1. The van der Waals surface area contributed by atoms with E-state index in [0.29, 0.717) is 12.8 Å². The Morgan fingerprint density at radius 3 is 1.21 bits per heavy atom. The summed E-state index contributed by atoms with van der Waals surface area (Å²) in [6.07, 6.45) is 32.5. The number of unbranched alkanes of at least 4 members (excludes halogenated alkanes) is 20. The normalized spacial score (nSPS) is 12.2. The Bertz CT molecular complexity index is 560. The van der Waals surface area contributed by atoms with Gasteiger partial charge in [0.15, 0.2) is 0 Å². The molecule has 0 aliphatic carbocycles. The van der Waals surface area contributed by atoms with Gasteiger partial charge in [0.25, 0.3) is 0 Å². The SMILES string of the molecule is CCCCCCCC/C=C\CCCCCC(=O)OC[C@H](O)COC(=O)CCCCCCCCCCCCCC. The van der Waals surface area contributed by atoms with Crippen LogP contribution in [0, 0.1) is 0 Å². The van der Waals surface area contributed by atoms with E-state index in [1.54, 1.807) is 0 Å². The highest BCUT2D eigenvalue weighted by molar-refractivity contribution is 5.69. The number of rotatable bonds is 30. The molecule has 0 spiro atoms. The first kappa shape index (κ1) is 37.6. The molecule has 0 unspecified atom stereocenters. The number of ether oxygens (including phenoxy) is 2. The van der Waals surface area contributed by atoms with Crippen molar-refractivity contribution in [3.05, 3.63) is 12.2 Å². The van der Waals surface area contributed by atoms with E-state index in [2.05, 4.69) is 26.0 Å². The molecule has 0 saturated carbocycles. The zero-order valence-corrected chi connectivity index (χ0v) is 25.9. The Labute approximate surface area is 241 Å². The quantitative estimate of drug-likeness (QED) is 0.0545. The van der Waals surface area contributed by atoms with E-state index in [1.165, 1.54) is 103 Å². The van der Waals surface area contributed by atoms with Crippen LogP contribution in [-0.4, -0.2) is 36.4 Å². The predicted octanol–water partition coefficient (Wildman–Crippen LogP) is 9.78. The number of carbonyl (C=O) groups excluding carboxylic acids is 2. The average Bonchev–Trinajstić information content (AvgIpc) is 2.93. The van der Waals surface area contributed by atoms with E-state index >= 15 is 0 Å². The molecule has 1 N–H and O–H groups in total. The molecule has 0 amide bonds. The molecular formula is C34H64O5. The van der Waals surface area contributed by atoms with E-state index in [-0.39, 0.29) is 25.2 Å². The minimum absolute atomic E-state index is 0.116. The maximum Gasteiger partial charge on any atom is 0.305 e. The largest absolute Gasteiger partial charge is 0.463 e. The topological polar surface area (TPSA) is 72.8 Å². The van der Waals surface area contributed by atoms with Crippen molar-refractivity contribution in [1.29, 1.82) is 0 Å². The van der Waals surface area contributed by atoms with Gasteiger partial charge in [-0.15, -0.1) is 0 Å². The Hall–Kier alpha value is -1.36. The van der Waals surface area contributed by atoms with Crippen molar-refractivity contribution < 1.29 is 24.2 Å². The molecule has 0 aromatic carbocycles. The van der Waals surface area contributed by atoms with Crippen molar-refractivity contribution in [3.8, 4) is 0 Å². The summed E-state index contributed by atoms with van der Waals surface area (Å²) in [6, 6.07) is 0. The summed E-state index contributed by atoms with van der Waals surface area (Å²) in [5.74, 6) is -0.580. The summed E-state index contributed by atoms with van der Waals surface area (Å²) in [5.41, 5.74) is 0. The summed E-state index contributed by atoms with van der Waals surface area (Å²) < 4.78 is 10.3. The minimum Gasteiger partial charge on any atom is -0.463 e. The summed E-state index contributed by atoms with van der Waals surface area (Å²) >= 11 is 0. The summed E-state index contributed by atoms with van der Waals surface area (Å²) in [4.78, 5) is 23.7. The van der Waals surface area contributed by atoms with Gasteiger partial charge in [0.05, 0.1) is 0 Å². The van der Waals surface area contributed by atoms with Crippen LogP contribution in [0.5, 0.6) is 0 Å². The molecule has 0 rings (SSSR count). The molecule has 0 heterocycles. The zero-order chi connectivity index (χ0) is 28.7. The van der Waals surface area contributed by atoms with Gasteiger partial charge < -0.3 is 14.6 Å². The van der Waals surface area contributed by atoms with Crippen LogP contribution < -0.4 is 0 Å². The number of carbonyl (C=O) groups is 2. The molecular weight excluding hydrogens is 488 g/mol. The molecule has 0 aliphatic rings. The molecule has 0 saturated heterocycles. The smallest absolute Gasteiger partial charge is 0.305 e. The maximum absolute atomic E-state index is 11.9. The van der Waals surface area contributed by atoms with Crippen LogP contribution in [0.1, 0.15) is 174 Å². The Morgan fingerprint density at radius 2 is 0.821 bits per heavy atom. The van der Waals surface area contributed by atoms with Crippen LogP contribution >= 0.6 is 0 Å². The average molecular weight is 553 g/mol. The molecule has 0 bridgehead atoms. The fraction of sp³-hybridized carbons (Fsp3) is 0.882. The van der Waals surface area contributed by atoms with Crippen molar-refractivity contribution in [2.45, 2.75) is 180 Å². The molecule has 5 nitrogen and oxygen atoms in total. The molecule has 5 heteroatoms. The van der Waals surface area contributed by atoms with E-state index < -0.39 is 6.10 Å². The van der Waals surface area contributed by atoms with E-state index in [9.17, 15) is 14.7 Å². The monoisotopic (exact) mass is 552 g/mol. The zero-order valence-electron chi connectivity index (χ0n) is 25.9. The van der Waals surface area contributed by atoms with Gasteiger partial charge in [-0.05, 0) is 38.5 Å². The summed E-state index contributed by atoms with van der Waals surface area (Å²) in [5, 5.41) is 9.94. The fourth-order valence-electron chi connectivity index (χ4n) is 4.67. The lowest BCUT2D eigenvalue weighted by molar-refractivity contribution is -0.152. The van der Waals surface area contributed by atoms with Crippen LogP contribution in [0.15, 0.2) is 12.2 Å². The van der Waals surface area contributed by atoms with Gasteiger partial charge in [-0.1, -0.05) is 135 Å². The Morgan fingerprint density at radius 1 is 0.513 bits per heavy atom. The van der Waals surface area contributed by atoms with Gasteiger partial charge in [0.2, 0.25) is 0 Å². The summed E-state index contributed by atoms with van der Waals surface area (Å²) in [7, 11) is 0. The van der Waals surface area contributed by atoms with Gasteiger partial charge >= 0.3 is 11.9 Å². The van der Waals surface area contributed by atoms with Crippen molar-refractivity contribution in [2.75, 3.05) is 13.2 Å². The third kappa shape index (κ3) is 31.0. The van der Waals surface area contributed by atoms with Gasteiger partial charge in [0, 0.05) is 12.8 Å². The highest BCUT2D eigenvalue weighted by atomic mass is 16.6. The molecule has 0 aliphatic heterocycles. The van der Waals surface area contributed by atoms with Crippen molar-refractivity contribution in [3.63, 3.8) is 0 Å². The second-order valence-electron chi connectivity index (χ2n) is 11.3. The van der Waals surface area contributed by atoms with Gasteiger partial charge in [0.1, 0.15) is 19.3 Å². The second-order valence-corrected chi connectivity index (χ2v) is 11.3. The van der Waals surface area contributed by atoms with E-state index in [0.717, 1.165) is 44.9 Å². The minimum atomic E-state index is -0.961. The maximum atomic E-state index is 11.9. The standard InChI is InChI=1S/C34H64O5/c1-3-5-7-9-11-13-15-17-19-21-23-25-27-29-34(37)39-31-32(35)30-38-33(36)28-26-24-22-20-18-16-14-12-10-8-6-4-2/h17,19,32,35H,3-16,18,20-31H2,1-2H3/b19-17-/t32-/m1/s1. The highest BCUT2D eigenvalue weighted by Gasteiger charge is 2.12. The van der Waals surface area contributed by atoms with Crippen LogP contribution in [0.2, 0.25) is 0 Å². The lowest BCUT2D eigenvalue weighted by Gasteiger charge is -2.12. The van der Waals surface area contributed by atoms with E-state index in [1.807, 2.05) is 0 Å².